The molecule has 32 heavy (non-hydrogen) atoms. The topological polar surface area (TPSA) is 59.8 Å². The van der Waals surface area contributed by atoms with Crippen molar-refractivity contribution in [2.45, 2.75) is 19.5 Å². The maximum atomic E-state index is 13.9. The van der Waals surface area contributed by atoms with Gasteiger partial charge in [-0.3, -0.25) is 9.59 Å². The second kappa shape index (κ2) is 7.96. The zero-order chi connectivity index (χ0) is 22.2. The predicted molar refractivity (Wildman–Crippen MR) is 118 cm³/mol. The fourth-order valence-corrected chi connectivity index (χ4v) is 4.20. The minimum absolute atomic E-state index is 0.00363. The van der Waals surface area contributed by atoms with Gasteiger partial charge in [-0.05, 0) is 48.4 Å². The SMILES string of the molecule is CCOc1ccc(C2c3c(oc4ccc(F)cc4c3=O)C(=O)N2Cc2ccccc2)cc1. The Kier molecular flexibility index (Phi) is 4.98. The smallest absolute Gasteiger partial charge is 0.291 e. The lowest BCUT2D eigenvalue weighted by Gasteiger charge is -2.25. The van der Waals surface area contributed by atoms with E-state index in [2.05, 4.69) is 0 Å². The molecule has 0 saturated carbocycles. The largest absolute Gasteiger partial charge is 0.494 e. The molecule has 0 bridgehead atoms. The normalized spacial score (nSPS) is 15.2. The van der Waals surface area contributed by atoms with Crippen LogP contribution in [0.25, 0.3) is 11.0 Å². The first kappa shape index (κ1) is 20.0. The van der Waals surface area contributed by atoms with Crippen molar-refractivity contribution >= 4 is 16.9 Å². The molecule has 4 aromatic rings. The second-order valence-electron chi connectivity index (χ2n) is 7.64. The number of benzene rings is 3. The van der Waals surface area contributed by atoms with E-state index in [0.717, 1.165) is 17.2 Å². The van der Waals surface area contributed by atoms with Crippen LogP contribution >= 0.6 is 0 Å². The lowest BCUT2D eigenvalue weighted by Crippen LogP contribution is -2.29. The quantitative estimate of drug-likeness (QED) is 0.444. The molecule has 0 aliphatic carbocycles. The Bertz CT molecular complexity index is 1360. The summed E-state index contributed by atoms with van der Waals surface area (Å²) >= 11 is 0. The van der Waals surface area contributed by atoms with Gasteiger partial charge in [0, 0.05) is 6.54 Å². The molecule has 5 nitrogen and oxygen atoms in total. The first-order valence-electron chi connectivity index (χ1n) is 10.4. The van der Waals surface area contributed by atoms with E-state index >= 15 is 0 Å². The van der Waals surface area contributed by atoms with E-state index in [4.69, 9.17) is 9.15 Å². The Morgan fingerprint density at radius 3 is 2.47 bits per heavy atom. The van der Waals surface area contributed by atoms with Gasteiger partial charge in [0.2, 0.25) is 5.76 Å². The molecule has 1 unspecified atom stereocenters. The van der Waals surface area contributed by atoms with Crippen LogP contribution in [0.15, 0.2) is 82.0 Å². The number of fused-ring (bicyclic) bond motifs is 2. The highest BCUT2D eigenvalue weighted by Crippen LogP contribution is 2.39. The second-order valence-corrected chi connectivity index (χ2v) is 7.64. The Morgan fingerprint density at radius 1 is 1.00 bits per heavy atom. The van der Waals surface area contributed by atoms with E-state index in [1.807, 2.05) is 61.5 Å². The van der Waals surface area contributed by atoms with Gasteiger partial charge in [0.15, 0.2) is 5.43 Å². The molecule has 1 aliphatic rings. The summed E-state index contributed by atoms with van der Waals surface area (Å²) in [6.45, 7) is 2.73. The first-order valence-corrected chi connectivity index (χ1v) is 10.4. The zero-order valence-electron chi connectivity index (χ0n) is 17.4. The number of hydrogen-bond donors (Lipinski definition) is 0. The van der Waals surface area contributed by atoms with Gasteiger partial charge in [0.1, 0.15) is 17.1 Å². The molecule has 3 aromatic carbocycles. The number of carbonyl (C=O) groups is 1. The third kappa shape index (κ3) is 3.34. The lowest BCUT2D eigenvalue weighted by molar-refractivity contribution is 0.0714. The molecule has 5 rings (SSSR count). The number of amides is 1. The molecule has 1 aromatic heterocycles. The van der Waals surface area contributed by atoms with Crippen LogP contribution in [0.1, 0.15) is 40.2 Å². The maximum absolute atomic E-state index is 13.9. The number of ether oxygens (including phenoxy) is 1. The van der Waals surface area contributed by atoms with Crippen LogP contribution in [0, 0.1) is 5.82 Å². The molecule has 0 radical (unpaired) electrons. The number of carbonyl (C=O) groups excluding carboxylic acids is 1. The van der Waals surface area contributed by atoms with Crippen LogP contribution in [0.4, 0.5) is 4.39 Å². The molecule has 6 heteroatoms. The summed E-state index contributed by atoms with van der Waals surface area (Å²) < 4.78 is 25.3. The predicted octanol–water partition coefficient (Wildman–Crippen LogP) is 5.08. The van der Waals surface area contributed by atoms with Gasteiger partial charge >= 0.3 is 0 Å². The molecular formula is C26H20FNO4. The molecule has 1 atom stereocenters. The average molecular weight is 429 g/mol. The number of halogens is 1. The van der Waals surface area contributed by atoms with Gasteiger partial charge in [-0.2, -0.15) is 0 Å². The zero-order valence-corrected chi connectivity index (χ0v) is 17.4. The van der Waals surface area contributed by atoms with Crippen LogP contribution in [-0.4, -0.2) is 17.4 Å². The number of rotatable bonds is 5. The van der Waals surface area contributed by atoms with E-state index < -0.39 is 17.3 Å². The highest BCUT2D eigenvalue weighted by Gasteiger charge is 2.42. The van der Waals surface area contributed by atoms with Gasteiger partial charge in [0.05, 0.1) is 23.6 Å². The number of nitrogens with zero attached hydrogens (tertiary/aromatic N) is 1. The van der Waals surface area contributed by atoms with Crippen LogP contribution in [-0.2, 0) is 6.54 Å². The van der Waals surface area contributed by atoms with Gasteiger partial charge in [-0.15, -0.1) is 0 Å². The van der Waals surface area contributed by atoms with Crippen LogP contribution in [0.3, 0.4) is 0 Å². The first-order chi connectivity index (χ1) is 15.6. The molecule has 0 fully saturated rings. The summed E-state index contributed by atoms with van der Waals surface area (Å²) in [5.41, 5.74) is 1.69. The molecule has 160 valence electrons. The van der Waals surface area contributed by atoms with Crippen molar-refractivity contribution in [1.29, 1.82) is 0 Å². The monoisotopic (exact) mass is 429 g/mol. The highest BCUT2D eigenvalue weighted by molar-refractivity contribution is 5.99. The molecule has 0 spiro atoms. The van der Waals surface area contributed by atoms with Crippen molar-refractivity contribution in [3.63, 3.8) is 0 Å². The Labute approximate surface area is 183 Å². The van der Waals surface area contributed by atoms with Crippen LogP contribution < -0.4 is 10.2 Å². The molecule has 0 N–H and O–H groups in total. The molecule has 1 aliphatic heterocycles. The van der Waals surface area contributed by atoms with Crippen LogP contribution in [0.2, 0.25) is 0 Å². The third-order valence-electron chi connectivity index (χ3n) is 5.63. The van der Waals surface area contributed by atoms with Gasteiger partial charge < -0.3 is 14.1 Å². The van der Waals surface area contributed by atoms with E-state index in [1.54, 1.807) is 4.90 Å². The van der Waals surface area contributed by atoms with Crippen molar-refractivity contribution in [1.82, 2.24) is 4.90 Å². The highest BCUT2D eigenvalue weighted by atomic mass is 19.1. The fraction of sp³-hybridized carbons (Fsp3) is 0.154. The van der Waals surface area contributed by atoms with Crippen molar-refractivity contribution in [3.8, 4) is 5.75 Å². The average Bonchev–Trinajstić information content (AvgIpc) is 3.08. The summed E-state index contributed by atoms with van der Waals surface area (Å²) in [4.78, 5) is 28.5. The molecule has 0 saturated heterocycles. The molecular weight excluding hydrogens is 409 g/mol. The minimum Gasteiger partial charge on any atom is -0.494 e. The Balaban J connectivity index is 1.69. The summed E-state index contributed by atoms with van der Waals surface area (Å²) in [6, 6.07) is 19.9. The van der Waals surface area contributed by atoms with Gasteiger partial charge in [-0.1, -0.05) is 42.5 Å². The van der Waals surface area contributed by atoms with Crippen molar-refractivity contribution in [2.75, 3.05) is 6.61 Å². The fourth-order valence-electron chi connectivity index (χ4n) is 4.20. The van der Waals surface area contributed by atoms with Gasteiger partial charge in [0.25, 0.3) is 5.91 Å². The van der Waals surface area contributed by atoms with E-state index in [-0.39, 0.29) is 28.2 Å². The minimum atomic E-state index is -0.655. The van der Waals surface area contributed by atoms with Gasteiger partial charge in [-0.25, -0.2) is 4.39 Å². The van der Waals surface area contributed by atoms with Crippen LogP contribution in [0.5, 0.6) is 5.75 Å². The summed E-state index contributed by atoms with van der Waals surface area (Å²) in [5, 5.41) is 0.119. The van der Waals surface area contributed by atoms with Crippen molar-refractivity contribution in [2.24, 2.45) is 0 Å². The van der Waals surface area contributed by atoms with E-state index in [0.29, 0.717) is 18.9 Å². The lowest BCUT2D eigenvalue weighted by atomic mass is 9.98. The summed E-state index contributed by atoms with van der Waals surface area (Å²) in [6.07, 6.45) is 0. The van der Waals surface area contributed by atoms with Crippen molar-refractivity contribution in [3.05, 3.63) is 111 Å². The number of hydrogen-bond acceptors (Lipinski definition) is 4. The summed E-state index contributed by atoms with van der Waals surface area (Å²) in [5.74, 6) is -0.203. The third-order valence-corrected chi connectivity index (χ3v) is 5.63. The maximum Gasteiger partial charge on any atom is 0.291 e. The Hall–Kier alpha value is -3.93. The standard InChI is InChI=1S/C26H20FNO4/c1-2-31-19-11-8-17(9-12-19)23-22-24(29)20-14-18(27)10-13-21(20)32-25(22)26(30)28(23)15-16-6-4-3-5-7-16/h3-14,23H,2,15H2,1H3. The Morgan fingerprint density at radius 2 is 1.75 bits per heavy atom. The molecule has 1 amide bonds. The van der Waals surface area contributed by atoms with E-state index in [9.17, 15) is 14.0 Å². The molecule has 2 heterocycles. The summed E-state index contributed by atoms with van der Waals surface area (Å²) in [7, 11) is 0. The van der Waals surface area contributed by atoms with Crippen molar-refractivity contribution < 1.29 is 18.3 Å². The van der Waals surface area contributed by atoms with E-state index in [1.165, 1.54) is 12.1 Å².